The second-order valence-electron chi connectivity index (χ2n) is 4.16. The van der Waals surface area contributed by atoms with Gasteiger partial charge in [0.15, 0.2) is 6.61 Å². The minimum Gasteiger partial charge on any atom is -0.482 e. The van der Waals surface area contributed by atoms with Gasteiger partial charge in [-0.3, -0.25) is 4.79 Å². The number of nitrogens with zero attached hydrogens (tertiary/aromatic N) is 1. The number of fused-ring (bicyclic) bond motifs is 1. The highest BCUT2D eigenvalue weighted by atomic mass is 127. The lowest BCUT2D eigenvalue weighted by atomic mass is 10.2. The summed E-state index contributed by atoms with van der Waals surface area (Å²) >= 11 is 2.08. The maximum atomic E-state index is 12.1. The molecule has 2 rings (SSSR count). The number of benzene rings is 1. The standard InChI is InChI=1S/C12H11F3INO2/c13-12(14,15)4-1-5-17-9-6-8(16)2-3-10(9)19-7-11(17)18/h2-3,6H,1,4-5,7H2. The maximum Gasteiger partial charge on any atom is 0.389 e. The van der Waals surface area contributed by atoms with Crippen molar-refractivity contribution in [3.05, 3.63) is 21.8 Å². The molecule has 0 N–H and O–H groups in total. The van der Waals surface area contributed by atoms with Gasteiger partial charge < -0.3 is 9.64 Å². The zero-order valence-electron chi connectivity index (χ0n) is 9.84. The van der Waals surface area contributed by atoms with E-state index in [0.717, 1.165) is 3.57 Å². The molecule has 0 saturated carbocycles. The van der Waals surface area contributed by atoms with Crippen LogP contribution in [-0.2, 0) is 4.79 Å². The third-order valence-electron chi connectivity index (χ3n) is 2.71. The number of hydrogen-bond acceptors (Lipinski definition) is 2. The first-order chi connectivity index (χ1) is 8.87. The summed E-state index contributed by atoms with van der Waals surface area (Å²) < 4.78 is 42.6. The van der Waals surface area contributed by atoms with Crippen molar-refractivity contribution < 1.29 is 22.7 Å². The molecular formula is C12H11F3INO2. The predicted molar refractivity (Wildman–Crippen MR) is 72.3 cm³/mol. The largest absolute Gasteiger partial charge is 0.482 e. The molecule has 0 aliphatic carbocycles. The van der Waals surface area contributed by atoms with E-state index in [0.29, 0.717) is 11.4 Å². The number of carbonyl (C=O) groups is 1. The Balaban J connectivity index is 2.12. The number of amides is 1. The van der Waals surface area contributed by atoms with Gasteiger partial charge in [-0.15, -0.1) is 0 Å². The van der Waals surface area contributed by atoms with Gasteiger partial charge >= 0.3 is 6.18 Å². The molecule has 0 radical (unpaired) electrons. The molecule has 1 aliphatic rings. The lowest BCUT2D eigenvalue weighted by Gasteiger charge is -2.29. The van der Waals surface area contributed by atoms with Crippen LogP contribution in [0.3, 0.4) is 0 Å². The van der Waals surface area contributed by atoms with Gasteiger partial charge in [0.2, 0.25) is 0 Å². The summed E-state index contributed by atoms with van der Waals surface area (Å²) in [5.41, 5.74) is 0.547. The van der Waals surface area contributed by atoms with Crippen molar-refractivity contribution in [3.63, 3.8) is 0 Å². The summed E-state index contributed by atoms with van der Waals surface area (Å²) in [4.78, 5) is 13.1. The first kappa shape index (κ1) is 14.4. The molecule has 1 heterocycles. The second-order valence-corrected chi connectivity index (χ2v) is 5.41. The third-order valence-corrected chi connectivity index (χ3v) is 3.38. The zero-order valence-corrected chi connectivity index (χ0v) is 12.0. The molecular weight excluding hydrogens is 374 g/mol. The van der Waals surface area contributed by atoms with Crippen molar-refractivity contribution in [2.75, 3.05) is 18.1 Å². The molecule has 0 aromatic heterocycles. The quantitative estimate of drug-likeness (QED) is 0.747. The molecule has 1 aromatic rings. The van der Waals surface area contributed by atoms with Crippen molar-refractivity contribution >= 4 is 34.2 Å². The molecule has 104 valence electrons. The van der Waals surface area contributed by atoms with Crippen LogP contribution >= 0.6 is 22.6 Å². The van der Waals surface area contributed by atoms with E-state index in [1.54, 1.807) is 12.1 Å². The summed E-state index contributed by atoms with van der Waals surface area (Å²) in [6, 6.07) is 5.28. The van der Waals surface area contributed by atoms with Crippen LogP contribution in [0.5, 0.6) is 5.75 Å². The van der Waals surface area contributed by atoms with E-state index in [1.165, 1.54) is 4.90 Å². The minimum absolute atomic E-state index is 0.0504. The molecule has 0 spiro atoms. The SMILES string of the molecule is O=C1COc2ccc(I)cc2N1CCCC(F)(F)F. The summed E-state index contributed by atoms with van der Waals surface area (Å²) in [7, 11) is 0. The van der Waals surface area contributed by atoms with Crippen LogP contribution in [0.15, 0.2) is 18.2 Å². The van der Waals surface area contributed by atoms with Crippen molar-refractivity contribution in [1.82, 2.24) is 0 Å². The molecule has 0 fully saturated rings. The van der Waals surface area contributed by atoms with Crippen LogP contribution in [0.4, 0.5) is 18.9 Å². The van der Waals surface area contributed by atoms with Crippen molar-refractivity contribution in [3.8, 4) is 5.75 Å². The summed E-state index contributed by atoms with van der Waals surface area (Å²) in [6.45, 7) is -0.0750. The van der Waals surface area contributed by atoms with Gasteiger partial charge in [-0.05, 0) is 47.2 Å². The number of rotatable bonds is 3. The van der Waals surface area contributed by atoms with Gasteiger partial charge in [-0.2, -0.15) is 13.2 Å². The number of anilines is 1. The van der Waals surface area contributed by atoms with E-state index in [-0.39, 0.29) is 25.5 Å². The van der Waals surface area contributed by atoms with Gasteiger partial charge in [0.25, 0.3) is 5.91 Å². The third kappa shape index (κ3) is 3.74. The number of halogens is 4. The fourth-order valence-corrected chi connectivity index (χ4v) is 2.33. The predicted octanol–water partition coefficient (Wildman–Crippen LogP) is 3.36. The molecule has 1 amide bonds. The van der Waals surface area contributed by atoms with Crippen LogP contribution in [0, 0.1) is 3.57 Å². The van der Waals surface area contributed by atoms with Crippen LogP contribution in [-0.4, -0.2) is 25.2 Å². The Bertz CT molecular complexity index is 490. The number of ether oxygens (including phenoxy) is 1. The summed E-state index contributed by atoms with van der Waals surface area (Å²) in [6.07, 6.45) is -5.19. The highest BCUT2D eigenvalue weighted by Gasteiger charge is 2.29. The van der Waals surface area contributed by atoms with Gasteiger partial charge in [0, 0.05) is 16.5 Å². The van der Waals surface area contributed by atoms with E-state index in [4.69, 9.17) is 4.74 Å². The first-order valence-corrected chi connectivity index (χ1v) is 6.74. The Hall–Kier alpha value is -0.990. The topological polar surface area (TPSA) is 29.5 Å². The highest BCUT2D eigenvalue weighted by Crippen LogP contribution is 2.34. The normalized spacial score (nSPS) is 15.2. The van der Waals surface area contributed by atoms with Gasteiger partial charge in [-0.1, -0.05) is 0 Å². The summed E-state index contributed by atoms with van der Waals surface area (Å²) in [5.74, 6) is 0.226. The number of alkyl halides is 3. The van der Waals surface area contributed by atoms with Crippen molar-refractivity contribution in [1.29, 1.82) is 0 Å². The summed E-state index contributed by atoms with van der Waals surface area (Å²) in [5, 5.41) is 0. The Kier molecular flexibility index (Phi) is 4.22. The molecule has 1 aromatic carbocycles. The molecule has 7 heteroatoms. The second kappa shape index (κ2) is 5.56. The smallest absolute Gasteiger partial charge is 0.389 e. The average Bonchev–Trinajstić information content (AvgIpc) is 2.30. The molecule has 0 atom stereocenters. The highest BCUT2D eigenvalue weighted by molar-refractivity contribution is 14.1. The van der Waals surface area contributed by atoms with Crippen LogP contribution in [0.25, 0.3) is 0 Å². The maximum absolute atomic E-state index is 12.1. The van der Waals surface area contributed by atoms with E-state index >= 15 is 0 Å². The van der Waals surface area contributed by atoms with Gasteiger partial charge in [-0.25, -0.2) is 0 Å². The molecule has 1 aliphatic heterocycles. The van der Waals surface area contributed by atoms with E-state index in [9.17, 15) is 18.0 Å². The van der Waals surface area contributed by atoms with Crippen LogP contribution in [0.2, 0.25) is 0 Å². The number of carbonyl (C=O) groups excluding carboxylic acids is 1. The Morgan fingerprint density at radius 3 is 2.79 bits per heavy atom. The van der Waals surface area contributed by atoms with Crippen LogP contribution in [0.1, 0.15) is 12.8 Å². The molecule has 3 nitrogen and oxygen atoms in total. The fraction of sp³-hybridized carbons (Fsp3) is 0.417. The van der Waals surface area contributed by atoms with Gasteiger partial charge in [0.05, 0.1) is 5.69 Å². The lowest BCUT2D eigenvalue weighted by Crippen LogP contribution is -2.39. The molecule has 19 heavy (non-hydrogen) atoms. The number of hydrogen-bond donors (Lipinski definition) is 0. The average molecular weight is 385 g/mol. The lowest BCUT2D eigenvalue weighted by molar-refractivity contribution is -0.135. The van der Waals surface area contributed by atoms with E-state index < -0.39 is 12.6 Å². The van der Waals surface area contributed by atoms with Crippen molar-refractivity contribution in [2.45, 2.75) is 19.0 Å². The Morgan fingerprint density at radius 2 is 2.11 bits per heavy atom. The van der Waals surface area contributed by atoms with Crippen molar-refractivity contribution in [2.24, 2.45) is 0 Å². The minimum atomic E-state index is -4.19. The fourth-order valence-electron chi connectivity index (χ4n) is 1.86. The Morgan fingerprint density at radius 1 is 1.37 bits per heavy atom. The monoisotopic (exact) mass is 385 g/mol. The van der Waals surface area contributed by atoms with Gasteiger partial charge in [0.1, 0.15) is 5.75 Å². The molecule has 0 bridgehead atoms. The molecule has 0 saturated heterocycles. The molecule has 0 unspecified atom stereocenters. The van der Waals surface area contributed by atoms with Crippen LogP contribution < -0.4 is 9.64 Å². The Labute approximate surface area is 121 Å². The first-order valence-electron chi connectivity index (χ1n) is 5.66. The van der Waals surface area contributed by atoms with E-state index in [1.807, 2.05) is 6.07 Å². The van der Waals surface area contributed by atoms with E-state index in [2.05, 4.69) is 22.6 Å². The zero-order chi connectivity index (χ0) is 14.0.